The second-order valence-electron chi connectivity index (χ2n) is 9.93. The molecule has 0 bridgehead atoms. The summed E-state index contributed by atoms with van der Waals surface area (Å²) in [5.41, 5.74) is 8.54. The molecule has 8 rings (SSSR count). The van der Waals surface area contributed by atoms with Crippen LogP contribution in [0.2, 0.25) is 0 Å². The molecule has 3 nitrogen and oxygen atoms in total. The van der Waals surface area contributed by atoms with Gasteiger partial charge in [0.2, 0.25) is 0 Å². The van der Waals surface area contributed by atoms with E-state index in [1.165, 1.54) is 38.1 Å². The van der Waals surface area contributed by atoms with Crippen LogP contribution in [-0.2, 0) is 0 Å². The molecule has 0 aliphatic heterocycles. The van der Waals surface area contributed by atoms with Gasteiger partial charge in [-0.25, -0.2) is 9.97 Å². The molecule has 39 heavy (non-hydrogen) atoms. The lowest BCUT2D eigenvalue weighted by atomic mass is 9.94. The van der Waals surface area contributed by atoms with Crippen LogP contribution in [0.4, 0.5) is 0 Å². The minimum Gasteiger partial charge on any atom is -0.306 e. The topological polar surface area (TPSA) is 30.2 Å². The highest BCUT2D eigenvalue weighted by molar-refractivity contribution is 6.22. The van der Waals surface area contributed by atoms with Crippen LogP contribution in [0.5, 0.6) is 0 Å². The number of benzene rings is 5. The highest BCUT2D eigenvalue weighted by Crippen LogP contribution is 2.37. The first-order chi connectivity index (χ1) is 19.3. The van der Waals surface area contributed by atoms with E-state index in [1.807, 2.05) is 24.4 Å². The zero-order valence-corrected chi connectivity index (χ0v) is 21.1. The van der Waals surface area contributed by atoms with Crippen LogP contribution in [0.15, 0.2) is 140 Å². The molecule has 3 aromatic heterocycles. The molecule has 0 spiro atoms. The SMILES string of the molecule is c1ccc2c(c1)ccc1c(-c3ccc(-c4ccc(-c5cn6ccccc6n5)cc4)cc3)nc3ccccc3c12. The van der Waals surface area contributed by atoms with Gasteiger partial charge in [-0.2, -0.15) is 0 Å². The standard InChI is InChI=1S/C36H23N3/c1-2-8-29-26(7-1)20-21-31-35(29)30-9-3-4-10-32(30)38-36(31)28-18-14-25(15-19-28)24-12-16-27(17-13-24)33-23-39-22-6-5-11-34(39)37-33/h1-23H. The summed E-state index contributed by atoms with van der Waals surface area (Å²) in [7, 11) is 0. The van der Waals surface area contributed by atoms with Crippen molar-refractivity contribution in [2.45, 2.75) is 0 Å². The second-order valence-corrected chi connectivity index (χ2v) is 9.93. The van der Waals surface area contributed by atoms with Crippen molar-refractivity contribution in [3.63, 3.8) is 0 Å². The molecular formula is C36H23N3. The summed E-state index contributed by atoms with van der Waals surface area (Å²) in [6, 6.07) is 44.9. The van der Waals surface area contributed by atoms with Crippen LogP contribution >= 0.6 is 0 Å². The maximum Gasteiger partial charge on any atom is 0.137 e. The lowest BCUT2D eigenvalue weighted by molar-refractivity contribution is 1.19. The van der Waals surface area contributed by atoms with Crippen LogP contribution in [0.3, 0.4) is 0 Å². The maximum atomic E-state index is 5.14. The van der Waals surface area contributed by atoms with E-state index < -0.39 is 0 Å². The molecule has 0 atom stereocenters. The van der Waals surface area contributed by atoms with E-state index in [4.69, 9.17) is 9.97 Å². The minimum atomic E-state index is 0.954. The van der Waals surface area contributed by atoms with Crippen LogP contribution in [0.1, 0.15) is 0 Å². The number of hydrogen-bond donors (Lipinski definition) is 0. The van der Waals surface area contributed by atoms with Gasteiger partial charge in [-0.1, -0.05) is 109 Å². The highest BCUT2D eigenvalue weighted by Gasteiger charge is 2.13. The van der Waals surface area contributed by atoms with Gasteiger partial charge in [-0.3, -0.25) is 0 Å². The number of fused-ring (bicyclic) bond motifs is 6. The smallest absolute Gasteiger partial charge is 0.137 e. The van der Waals surface area contributed by atoms with Crippen molar-refractivity contribution in [2.75, 3.05) is 0 Å². The van der Waals surface area contributed by atoms with E-state index in [1.54, 1.807) is 0 Å². The summed E-state index contributed by atoms with van der Waals surface area (Å²) in [4.78, 5) is 9.89. The Labute approximate surface area is 225 Å². The fourth-order valence-corrected chi connectivity index (χ4v) is 5.67. The Hall–Kier alpha value is -5.28. The summed E-state index contributed by atoms with van der Waals surface area (Å²) in [5, 5.41) is 6.14. The average Bonchev–Trinajstić information content (AvgIpc) is 3.45. The van der Waals surface area contributed by atoms with Crippen LogP contribution in [-0.4, -0.2) is 14.4 Å². The molecule has 3 heterocycles. The van der Waals surface area contributed by atoms with Crippen molar-refractivity contribution in [3.05, 3.63) is 140 Å². The van der Waals surface area contributed by atoms with Crippen LogP contribution in [0.25, 0.3) is 71.7 Å². The predicted octanol–water partition coefficient (Wildman–Crippen LogP) is 9.19. The predicted molar refractivity (Wildman–Crippen MR) is 162 cm³/mol. The Morgan fingerprint density at radius 2 is 1.13 bits per heavy atom. The number of hydrogen-bond acceptors (Lipinski definition) is 2. The lowest BCUT2D eigenvalue weighted by Gasteiger charge is -2.13. The molecule has 8 aromatic rings. The Kier molecular flexibility index (Phi) is 4.82. The average molecular weight is 498 g/mol. The maximum absolute atomic E-state index is 5.14. The van der Waals surface area contributed by atoms with Crippen molar-refractivity contribution >= 4 is 38.1 Å². The van der Waals surface area contributed by atoms with Gasteiger partial charge in [0.25, 0.3) is 0 Å². The zero-order valence-electron chi connectivity index (χ0n) is 21.1. The van der Waals surface area contributed by atoms with Gasteiger partial charge in [0, 0.05) is 39.7 Å². The first kappa shape index (κ1) is 21.8. The number of rotatable bonds is 3. The zero-order chi connectivity index (χ0) is 25.8. The molecule has 0 fully saturated rings. The Balaban J connectivity index is 1.20. The van der Waals surface area contributed by atoms with Crippen molar-refractivity contribution in [3.8, 4) is 33.6 Å². The Morgan fingerprint density at radius 1 is 0.462 bits per heavy atom. The quantitative estimate of drug-likeness (QED) is 0.228. The first-order valence-corrected chi connectivity index (χ1v) is 13.2. The summed E-state index contributed by atoms with van der Waals surface area (Å²) >= 11 is 0. The van der Waals surface area contributed by atoms with Gasteiger partial charge in [0.15, 0.2) is 0 Å². The van der Waals surface area contributed by atoms with Gasteiger partial charge in [0.1, 0.15) is 5.65 Å². The molecule has 3 heteroatoms. The highest BCUT2D eigenvalue weighted by atomic mass is 15.0. The van der Waals surface area contributed by atoms with Crippen LogP contribution < -0.4 is 0 Å². The van der Waals surface area contributed by atoms with Gasteiger partial charge in [-0.05, 0) is 40.1 Å². The molecule has 0 unspecified atom stereocenters. The van der Waals surface area contributed by atoms with Crippen molar-refractivity contribution in [1.82, 2.24) is 14.4 Å². The molecule has 5 aromatic carbocycles. The molecule has 182 valence electrons. The van der Waals surface area contributed by atoms with Crippen molar-refractivity contribution in [2.24, 2.45) is 0 Å². The first-order valence-electron chi connectivity index (χ1n) is 13.2. The van der Waals surface area contributed by atoms with Gasteiger partial charge in [-0.15, -0.1) is 0 Å². The molecule has 0 radical (unpaired) electrons. The van der Waals surface area contributed by atoms with E-state index >= 15 is 0 Å². The molecule has 0 N–H and O–H groups in total. The van der Waals surface area contributed by atoms with Gasteiger partial charge >= 0.3 is 0 Å². The largest absolute Gasteiger partial charge is 0.306 e. The number of nitrogens with zero attached hydrogens (tertiary/aromatic N) is 3. The molecule has 0 saturated carbocycles. The van der Waals surface area contributed by atoms with Gasteiger partial charge < -0.3 is 4.40 Å². The fourth-order valence-electron chi connectivity index (χ4n) is 5.67. The van der Waals surface area contributed by atoms with E-state index in [-0.39, 0.29) is 0 Å². The third kappa shape index (κ3) is 3.59. The number of aromatic nitrogens is 3. The number of para-hydroxylation sites is 1. The molecule has 0 aliphatic rings. The van der Waals surface area contributed by atoms with Crippen molar-refractivity contribution < 1.29 is 0 Å². The Bertz CT molecular complexity index is 2110. The third-order valence-electron chi connectivity index (χ3n) is 7.63. The van der Waals surface area contributed by atoms with E-state index in [9.17, 15) is 0 Å². The normalized spacial score (nSPS) is 11.6. The molecule has 0 saturated heterocycles. The summed E-state index contributed by atoms with van der Waals surface area (Å²) in [5.74, 6) is 0. The number of pyridine rings is 2. The van der Waals surface area contributed by atoms with E-state index in [0.29, 0.717) is 0 Å². The summed E-state index contributed by atoms with van der Waals surface area (Å²) < 4.78 is 2.05. The summed E-state index contributed by atoms with van der Waals surface area (Å²) in [6.45, 7) is 0. The third-order valence-corrected chi connectivity index (χ3v) is 7.63. The minimum absolute atomic E-state index is 0.954. The van der Waals surface area contributed by atoms with Crippen LogP contribution in [0, 0.1) is 0 Å². The van der Waals surface area contributed by atoms with E-state index in [2.05, 4.69) is 120 Å². The second kappa shape index (κ2) is 8.64. The summed E-state index contributed by atoms with van der Waals surface area (Å²) in [6.07, 6.45) is 4.10. The Morgan fingerprint density at radius 3 is 1.92 bits per heavy atom. The number of imidazole rings is 1. The molecule has 0 aliphatic carbocycles. The van der Waals surface area contributed by atoms with E-state index in [0.717, 1.165) is 33.7 Å². The van der Waals surface area contributed by atoms with Gasteiger partial charge in [0.05, 0.1) is 16.9 Å². The van der Waals surface area contributed by atoms with Crippen molar-refractivity contribution in [1.29, 1.82) is 0 Å². The lowest BCUT2D eigenvalue weighted by Crippen LogP contribution is -1.91. The molecular weight excluding hydrogens is 474 g/mol. The monoisotopic (exact) mass is 497 g/mol. The molecule has 0 amide bonds. The fraction of sp³-hybridized carbons (Fsp3) is 0.